The molecule has 2 N–H and O–H groups in total. The summed E-state index contributed by atoms with van der Waals surface area (Å²) in [6, 6.07) is 8.45. The van der Waals surface area contributed by atoms with Gasteiger partial charge in [-0.2, -0.15) is 18.4 Å². The second kappa shape index (κ2) is 17.2. The number of nitrogens with one attached hydrogen (secondary N) is 2. The molecule has 4 amide bonds. The number of aromatic nitrogens is 1. The number of alkyl halides is 3. The van der Waals surface area contributed by atoms with Crippen LogP contribution in [0.15, 0.2) is 36.5 Å². The van der Waals surface area contributed by atoms with E-state index in [0.29, 0.717) is 37.3 Å². The molecule has 1 saturated carbocycles. The predicted molar refractivity (Wildman–Crippen MR) is 209 cm³/mol. The van der Waals surface area contributed by atoms with Gasteiger partial charge in [0.1, 0.15) is 5.54 Å². The van der Waals surface area contributed by atoms with E-state index in [4.69, 9.17) is 17.0 Å². The molecule has 1 unspecified atom stereocenters. The van der Waals surface area contributed by atoms with Crippen molar-refractivity contribution in [2.45, 2.75) is 115 Å². The molecular formula is C40H49F3N8O5S. The second-order valence-electron chi connectivity index (χ2n) is 16.0. The zero-order valence-electron chi connectivity index (χ0n) is 32.6. The van der Waals surface area contributed by atoms with Crippen LogP contribution >= 0.6 is 12.2 Å². The summed E-state index contributed by atoms with van der Waals surface area (Å²) in [5, 5.41) is 14.6. The fourth-order valence-corrected chi connectivity index (χ4v) is 9.22. The van der Waals surface area contributed by atoms with Crippen molar-refractivity contribution in [3.05, 3.63) is 53.3 Å². The van der Waals surface area contributed by atoms with Gasteiger partial charge in [-0.15, -0.1) is 0 Å². The Morgan fingerprint density at radius 1 is 1.07 bits per heavy atom. The van der Waals surface area contributed by atoms with Gasteiger partial charge < -0.3 is 19.9 Å². The number of amides is 4. The molecule has 4 fully saturated rings. The summed E-state index contributed by atoms with van der Waals surface area (Å²) in [6.07, 6.45) is 1.31. The third-order valence-electron chi connectivity index (χ3n) is 11.6. The van der Waals surface area contributed by atoms with Gasteiger partial charge >= 0.3 is 6.18 Å². The highest BCUT2D eigenvalue weighted by molar-refractivity contribution is 7.80. The molecule has 0 spiro atoms. The first kappa shape index (κ1) is 42.1. The van der Waals surface area contributed by atoms with Crippen LogP contribution in [0.2, 0.25) is 0 Å². The molecule has 0 radical (unpaired) electrons. The topological polar surface area (TPSA) is 151 Å². The zero-order chi connectivity index (χ0) is 41.2. The van der Waals surface area contributed by atoms with E-state index in [1.165, 1.54) is 12.3 Å². The average molecular weight is 811 g/mol. The number of piperidine rings is 1. The van der Waals surface area contributed by atoms with Crippen LogP contribution in [-0.4, -0.2) is 111 Å². The minimum absolute atomic E-state index is 0.00916. The Hall–Kier alpha value is -4.50. The van der Waals surface area contributed by atoms with E-state index in [9.17, 15) is 37.6 Å². The van der Waals surface area contributed by atoms with Crippen molar-refractivity contribution in [1.29, 1.82) is 5.26 Å². The third kappa shape index (κ3) is 9.30. The number of hydrogen-bond acceptors (Lipinski definition) is 10. The normalized spacial score (nSPS) is 26.0. The Balaban J connectivity index is 0.918. The maximum absolute atomic E-state index is 13.7. The minimum atomic E-state index is -4.76. The van der Waals surface area contributed by atoms with Crippen molar-refractivity contribution in [2.24, 2.45) is 0 Å². The highest BCUT2D eigenvalue weighted by Crippen LogP contribution is 2.41. The van der Waals surface area contributed by atoms with Gasteiger partial charge in [0.2, 0.25) is 17.7 Å². The molecule has 6 rings (SSSR count). The highest BCUT2D eigenvalue weighted by atomic mass is 32.1. The van der Waals surface area contributed by atoms with Crippen molar-refractivity contribution < 1.29 is 37.1 Å². The lowest BCUT2D eigenvalue weighted by atomic mass is 9.89. The minimum Gasteiger partial charge on any atom is -0.378 e. The molecule has 4 aliphatic rings. The van der Waals surface area contributed by atoms with Gasteiger partial charge in [-0.05, 0) is 109 Å². The van der Waals surface area contributed by atoms with E-state index in [1.54, 1.807) is 32.0 Å². The number of anilines is 2. The van der Waals surface area contributed by atoms with Crippen LogP contribution in [0, 0.1) is 11.3 Å². The lowest BCUT2D eigenvalue weighted by Gasteiger charge is -2.44. The SMILES string of the molecule is C[C@@H]1CN(CCCO[C@H]2CC[C@H](N3C(=S)N(c4ccc(C#N)c(C(F)(F)F)c4)C(=O)C3(C)C)CC2)C[C@H](C)N1CC(=O)Nc1ccc(C2CCC(=O)NC2=O)nc1. The number of imide groups is 1. The smallest absolute Gasteiger partial charge is 0.378 e. The molecule has 0 bridgehead atoms. The summed E-state index contributed by atoms with van der Waals surface area (Å²) in [4.78, 5) is 62.2. The second-order valence-corrected chi connectivity index (χ2v) is 16.4. The fourth-order valence-electron chi connectivity index (χ4n) is 8.65. The van der Waals surface area contributed by atoms with Gasteiger partial charge in [0, 0.05) is 50.8 Å². The van der Waals surface area contributed by atoms with Crippen LogP contribution < -0.4 is 15.5 Å². The molecule has 57 heavy (non-hydrogen) atoms. The summed E-state index contributed by atoms with van der Waals surface area (Å²) in [7, 11) is 0. The number of rotatable bonds is 11. The summed E-state index contributed by atoms with van der Waals surface area (Å²) < 4.78 is 47.4. The van der Waals surface area contributed by atoms with Crippen molar-refractivity contribution in [3.8, 4) is 6.07 Å². The standard InChI is InChI=1S/C40H49F3N8O5S/c1-24-21-48(22-25(2)49(24)23-35(53)46-27-7-14-33(45-20-27)31-13-15-34(52)47-36(31)54)16-5-17-56-30-11-9-28(10-12-30)51-38(57)50(37(55)39(51,3)4)29-8-6-26(19-44)32(18-29)40(41,42)43/h6-8,14,18,20,24-25,28,30-31H,5,9-13,15-17,21-23H2,1-4H3,(H,46,53)(H,47,52,54)/t24-,25+,28-,30-,31?. The Kier molecular flexibility index (Phi) is 12.7. The Morgan fingerprint density at radius 2 is 1.77 bits per heavy atom. The number of ether oxygens (including phenoxy) is 1. The maximum atomic E-state index is 13.7. The molecule has 13 nitrogen and oxygen atoms in total. The lowest BCUT2D eigenvalue weighted by molar-refractivity contribution is -0.138. The van der Waals surface area contributed by atoms with Crippen molar-refractivity contribution >= 4 is 52.3 Å². The van der Waals surface area contributed by atoms with Crippen LogP contribution in [0.4, 0.5) is 24.5 Å². The van der Waals surface area contributed by atoms with E-state index in [2.05, 4.69) is 39.3 Å². The predicted octanol–water partition coefficient (Wildman–Crippen LogP) is 4.96. The summed E-state index contributed by atoms with van der Waals surface area (Å²) in [5.74, 6) is -1.68. The van der Waals surface area contributed by atoms with E-state index in [1.807, 2.05) is 4.90 Å². The Bertz CT molecular complexity index is 1900. The summed E-state index contributed by atoms with van der Waals surface area (Å²) in [6.45, 7) is 11.0. The Labute approximate surface area is 335 Å². The number of benzene rings is 1. The number of carbonyl (C=O) groups excluding carboxylic acids is 4. The number of nitrogens with zero attached hydrogens (tertiary/aromatic N) is 6. The summed E-state index contributed by atoms with van der Waals surface area (Å²) in [5.41, 5.74) is -1.59. The summed E-state index contributed by atoms with van der Waals surface area (Å²) >= 11 is 5.73. The molecule has 17 heteroatoms. The van der Waals surface area contributed by atoms with Gasteiger partial charge in [-0.3, -0.25) is 39.3 Å². The van der Waals surface area contributed by atoms with E-state index in [0.717, 1.165) is 55.9 Å². The molecule has 1 aromatic carbocycles. The molecule has 3 aliphatic heterocycles. The number of pyridine rings is 1. The Morgan fingerprint density at radius 3 is 2.39 bits per heavy atom. The molecule has 2 aromatic rings. The van der Waals surface area contributed by atoms with Crippen LogP contribution in [0.5, 0.6) is 0 Å². The number of carbonyl (C=O) groups is 4. The van der Waals surface area contributed by atoms with Gasteiger partial charge in [-0.25, -0.2) is 0 Å². The first-order chi connectivity index (χ1) is 27.0. The number of thiocarbonyl (C=S) groups is 1. The average Bonchev–Trinajstić information content (AvgIpc) is 3.33. The van der Waals surface area contributed by atoms with E-state index in [-0.39, 0.29) is 65.7 Å². The van der Waals surface area contributed by atoms with Gasteiger partial charge in [-0.1, -0.05) is 0 Å². The molecule has 306 valence electrons. The lowest BCUT2D eigenvalue weighted by Crippen LogP contribution is -2.58. The number of nitriles is 1. The van der Waals surface area contributed by atoms with Crippen molar-refractivity contribution in [3.63, 3.8) is 0 Å². The molecule has 3 atom stereocenters. The maximum Gasteiger partial charge on any atom is 0.417 e. The van der Waals surface area contributed by atoms with E-state index >= 15 is 0 Å². The van der Waals surface area contributed by atoms with Gasteiger partial charge in [0.05, 0.1) is 59.0 Å². The molecule has 1 aliphatic carbocycles. The van der Waals surface area contributed by atoms with Gasteiger partial charge in [0.25, 0.3) is 5.91 Å². The van der Waals surface area contributed by atoms with Gasteiger partial charge in [0.15, 0.2) is 5.11 Å². The van der Waals surface area contributed by atoms with Crippen LogP contribution in [0.1, 0.15) is 95.4 Å². The first-order valence-electron chi connectivity index (χ1n) is 19.5. The van der Waals surface area contributed by atoms with Crippen molar-refractivity contribution in [2.75, 3.05) is 43.0 Å². The molecule has 3 saturated heterocycles. The molecular weight excluding hydrogens is 762 g/mol. The number of halogens is 3. The highest BCUT2D eigenvalue weighted by Gasteiger charge is 2.52. The number of piperazine rings is 1. The van der Waals surface area contributed by atoms with Crippen molar-refractivity contribution in [1.82, 2.24) is 25.0 Å². The monoisotopic (exact) mass is 810 g/mol. The largest absolute Gasteiger partial charge is 0.417 e. The van der Waals surface area contributed by atoms with Crippen LogP contribution in [-0.2, 0) is 30.1 Å². The van der Waals surface area contributed by atoms with E-state index < -0.39 is 34.7 Å². The van der Waals surface area contributed by atoms with Crippen LogP contribution in [0.3, 0.4) is 0 Å². The quantitative estimate of drug-likeness (QED) is 0.180. The number of hydrogen-bond donors (Lipinski definition) is 2. The fraction of sp³-hybridized carbons (Fsp3) is 0.575. The first-order valence-corrected chi connectivity index (χ1v) is 19.9. The molecule has 4 heterocycles. The molecule has 1 aromatic heterocycles. The van der Waals surface area contributed by atoms with Crippen LogP contribution in [0.25, 0.3) is 0 Å². The zero-order valence-corrected chi connectivity index (χ0v) is 33.4. The third-order valence-corrected chi connectivity index (χ3v) is 11.9.